The molecule has 0 spiro atoms. The van der Waals surface area contributed by atoms with E-state index in [4.69, 9.17) is 5.11 Å². The molecule has 2 rings (SSSR count). The summed E-state index contributed by atoms with van der Waals surface area (Å²) in [5.41, 5.74) is 1.42. The second-order valence-electron chi connectivity index (χ2n) is 5.69. The molecule has 0 saturated carbocycles. The van der Waals surface area contributed by atoms with Gasteiger partial charge in [-0.15, -0.1) is 11.3 Å². The number of thiophene rings is 1. The predicted octanol–water partition coefficient (Wildman–Crippen LogP) is 5.58. The lowest BCUT2D eigenvalue weighted by Crippen LogP contribution is -1.92. The third-order valence-corrected chi connectivity index (χ3v) is 4.82. The average molecular weight is 328 g/mol. The summed E-state index contributed by atoms with van der Waals surface area (Å²) >= 11 is 1.84. The first kappa shape index (κ1) is 17.5. The average Bonchev–Trinajstić information content (AvgIpc) is 3.00. The van der Waals surface area contributed by atoms with E-state index in [1.54, 1.807) is 0 Å². The molecule has 0 aliphatic rings. The molecule has 0 aliphatic carbocycles. The highest BCUT2D eigenvalue weighted by molar-refractivity contribution is 7.12. The highest BCUT2D eigenvalue weighted by Crippen LogP contribution is 2.20. The van der Waals surface area contributed by atoms with Crippen LogP contribution in [-0.4, -0.2) is 11.1 Å². The van der Waals surface area contributed by atoms with Crippen LogP contribution in [-0.2, 0) is 17.6 Å². The molecule has 3 heteroatoms. The van der Waals surface area contributed by atoms with Gasteiger partial charge in [-0.1, -0.05) is 36.4 Å². The van der Waals surface area contributed by atoms with Crippen LogP contribution < -0.4 is 0 Å². The number of carbonyl (C=O) groups is 1. The molecule has 2 aromatic rings. The van der Waals surface area contributed by atoms with Crippen molar-refractivity contribution in [2.45, 2.75) is 44.9 Å². The number of allylic oxidation sites excluding steroid dienone is 1. The number of carboxylic acid groups (broad SMARTS) is 1. The molecule has 0 unspecified atom stereocenters. The standard InChI is InChI=1S/C20H24O2S/c21-20(22)14-6-2-5-12-18-15-16-19(23-18)13-8-7-11-17-9-3-1-4-10-17/h1,3-5,9-10,12,15-16H,2,6-8,11,13-14H2,(H,21,22)/b12-5+. The first-order chi connectivity index (χ1) is 11.2. The lowest BCUT2D eigenvalue weighted by atomic mass is 10.1. The first-order valence-electron chi connectivity index (χ1n) is 8.25. The fourth-order valence-corrected chi connectivity index (χ4v) is 3.45. The number of hydrogen-bond acceptors (Lipinski definition) is 2. The van der Waals surface area contributed by atoms with Crippen molar-refractivity contribution in [2.24, 2.45) is 0 Å². The van der Waals surface area contributed by atoms with E-state index in [2.05, 4.69) is 54.6 Å². The fraction of sp³-hybridized carbons (Fsp3) is 0.350. The minimum atomic E-state index is -0.715. The van der Waals surface area contributed by atoms with Crippen LogP contribution in [0.4, 0.5) is 0 Å². The summed E-state index contributed by atoms with van der Waals surface area (Å²) in [7, 11) is 0. The van der Waals surface area contributed by atoms with Crippen LogP contribution in [0, 0.1) is 0 Å². The Morgan fingerprint density at radius 3 is 2.57 bits per heavy atom. The highest BCUT2D eigenvalue weighted by Gasteiger charge is 1.99. The van der Waals surface area contributed by atoms with E-state index in [1.807, 2.05) is 11.3 Å². The van der Waals surface area contributed by atoms with Crippen molar-refractivity contribution in [3.05, 3.63) is 63.9 Å². The molecule has 0 bridgehead atoms. The minimum absolute atomic E-state index is 0.251. The Labute approximate surface area is 142 Å². The number of unbranched alkanes of at least 4 members (excludes halogenated alkanes) is 2. The Morgan fingerprint density at radius 1 is 1.00 bits per heavy atom. The maximum absolute atomic E-state index is 10.4. The smallest absolute Gasteiger partial charge is 0.303 e. The highest BCUT2D eigenvalue weighted by atomic mass is 32.1. The van der Waals surface area contributed by atoms with E-state index in [0.29, 0.717) is 6.42 Å². The molecular weight excluding hydrogens is 304 g/mol. The van der Waals surface area contributed by atoms with E-state index in [0.717, 1.165) is 19.3 Å². The van der Waals surface area contributed by atoms with Crippen LogP contribution in [0.2, 0.25) is 0 Å². The summed E-state index contributed by atoms with van der Waals surface area (Å²) in [6.45, 7) is 0. The van der Waals surface area contributed by atoms with Crippen LogP contribution >= 0.6 is 11.3 Å². The summed E-state index contributed by atoms with van der Waals surface area (Å²) in [5.74, 6) is -0.715. The molecule has 0 atom stereocenters. The van der Waals surface area contributed by atoms with E-state index in [9.17, 15) is 4.79 Å². The van der Waals surface area contributed by atoms with Crippen LogP contribution in [0.5, 0.6) is 0 Å². The maximum Gasteiger partial charge on any atom is 0.303 e. The molecule has 1 heterocycles. The van der Waals surface area contributed by atoms with Gasteiger partial charge in [0.2, 0.25) is 0 Å². The molecule has 0 amide bonds. The zero-order chi connectivity index (χ0) is 16.3. The molecular formula is C20H24O2S. The molecule has 0 fully saturated rings. The van der Waals surface area contributed by atoms with E-state index >= 15 is 0 Å². The molecule has 1 aromatic carbocycles. The van der Waals surface area contributed by atoms with Crippen LogP contribution in [0.25, 0.3) is 6.08 Å². The lowest BCUT2D eigenvalue weighted by molar-refractivity contribution is -0.137. The Morgan fingerprint density at radius 2 is 1.78 bits per heavy atom. The van der Waals surface area contributed by atoms with Crippen LogP contribution in [0.15, 0.2) is 48.5 Å². The Kier molecular flexibility index (Phi) is 7.61. The number of carboxylic acids is 1. The summed E-state index contributed by atoms with van der Waals surface area (Å²) in [4.78, 5) is 13.1. The first-order valence-corrected chi connectivity index (χ1v) is 9.06. The quantitative estimate of drug-likeness (QED) is 0.578. The van der Waals surface area contributed by atoms with Crippen molar-refractivity contribution in [2.75, 3.05) is 0 Å². The minimum Gasteiger partial charge on any atom is -0.481 e. The summed E-state index contributed by atoms with van der Waals surface area (Å²) < 4.78 is 0. The zero-order valence-corrected chi connectivity index (χ0v) is 14.2. The Hall–Kier alpha value is -1.87. The van der Waals surface area contributed by atoms with Gasteiger partial charge in [-0.3, -0.25) is 4.79 Å². The Balaban J connectivity index is 1.64. The SMILES string of the molecule is O=C(O)CCC/C=C/c1ccc(CCCCc2ccccc2)s1. The molecule has 122 valence electrons. The van der Waals surface area contributed by atoms with Crippen molar-refractivity contribution < 1.29 is 9.90 Å². The van der Waals surface area contributed by atoms with Crippen LogP contribution in [0.1, 0.15) is 47.4 Å². The Bertz CT molecular complexity index is 614. The number of benzene rings is 1. The monoisotopic (exact) mass is 328 g/mol. The van der Waals surface area contributed by atoms with Crippen molar-refractivity contribution >= 4 is 23.4 Å². The van der Waals surface area contributed by atoms with Crippen molar-refractivity contribution in [3.8, 4) is 0 Å². The molecule has 2 nitrogen and oxygen atoms in total. The van der Waals surface area contributed by atoms with Gasteiger partial charge in [0.05, 0.1) is 0 Å². The van der Waals surface area contributed by atoms with E-state index in [1.165, 1.54) is 28.2 Å². The number of aliphatic carboxylic acids is 1. The zero-order valence-electron chi connectivity index (χ0n) is 13.4. The van der Waals surface area contributed by atoms with Gasteiger partial charge >= 0.3 is 5.97 Å². The van der Waals surface area contributed by atoms with Gasteiger partial charge in [-0.2, -0.15) is 0 Å². The van der Waals surface area contributed by atoms with Gasteiger partial charge in [0.25, 0.3) is 0 Å². The van der Waals surface area contributed by atoms with Gasteiger partial charge in [-0.05, 0) is 62.3 Å². The molecule has 0 aliphatic heterocycles. The normalized spacial score (nSPS) is 11.1. The van der Waals surface area contributed by atoms with Gasteiger partial charge in [0.1, 0.15) is 0 Å². The molecule has 1 N–H and O–H groups in total. The largest absolute Gasteiger partial charge is 0.481 e. The lowest BCUT2D eigenvalue weighted by Gasteiger charge is -2.00. The van der Waals surface area contributed by atoms with Gasteiger partial charge in [0.15, 0.2) is 0 Å². The van der Waals surface area contributed by atoms with Crippen molar-refractivity contribution in [1.82, 2.24) is 0 Å². The number of hydrogen-bond donors (Lipinski definition) is 1. The molecule has 1 aromatic heterocycles. The third-order valence-electron chi connectivity index (χ3n) is 3.71. The fourth-order valence-electron chi connectivity index (χ4n) is 2.46. The summed E-state index contributed by atoms with van der Waals surface area (Å²) in [5, 5.41) is 8.59. The second-order valence-corrected chi connectivity index (χ2v) is 6.89. The number of aryl methyl sites for hydroxylation is 2. The van der Waals surface area contributed by atoms with Crippen LogP contribution in [0.3, 0.4) is 0 Å². The topological polar surface area (TPSA) is 37.3 Å². The number of rotatable bonds is 10. The summed E-state index contributed by atoms with van der Waals surface area (Å²) in [6.07, 6.45) is 10.7. The van der Waals surface area contributed by atoms with Gasteiger partial charge < -0.3 is 5.11 Å². The van der Waals surface area contributed by atoms with Crippen molar-refractivity contribution in [1.29, 1.82) is 0 Å². The molecule has 0 radical (unpaired) electrons. The second kappa shape index (κ2) is 10.0. The molecule has 0 saturated heterocycles. The maximum atomic E-state index is 10.4. The predicted molar refractivity (Wildman–Crippen MR) is 97.9 cm³/mol. The summed E-state index contributed by atoms with van der Waals surface area (Å²) in [6, 6.07) is 15.0. The van der Waals surface area contributed by atoms with Gasteiger partial charge in [-0.25, -0.2) is 0 Å². The molecule has 23 heavy (non-hydrogen) atoms. The van der Waals surface area contributed by atoms with E-state index < -0.39 is 5.97 Å². The van der Waals surface area contributed by atoms with Gasteiger partial charge in [0, 0.05) is 16.2 Å². The van der Waals surface area contributed by atoms with Crippen molar-refractivity contribution in [3.63, 3.8) is 0 Å². The third kappa shape index (κ3) is 7.29. The van der Waals surface area contributed by atoms with E-state index in [-0.39, 0.29) is 6.42 Å².